The first-order chi connectivity index (χ1) is 10.7. The summed E-state index contributed by atoms with van der Waals surface area (Å²) in [6, 6.07) is 8.02. The van der Waals surface area contributed by atoms with Crippen molar-refractivity contribution in [3.8, 4) is 0 Å². The van der Waals surface area contributed by atoms with Gasteiger partial charge < -0.3 is 16.0 Å². The van der Waals surface area contributed by atoms with E-state index in [-0.39, 0.29) is 29.9 Å². The van der Waals surface area contributed by atoms with Gasteiger partial charge in [-0.25, -0.2) is 4.99 Å². The van der Waals surface area contributed by atoms with E-state index in [1.165, 1.54) is 19.3 Å². The Morgan fingerprint density at radius 1 is 1.26 bits per heavy atom. The maximum Gasteiger partial charge on any atom is 0.227 e. The molecule has 2 aliphatic rings. The largest absolute Gasteiger partial charge is 0.370 e. The van der Waals surface area contributed by atoms with E-state index in [0.29, 0.717) is 18.9 Å². The van der Waals surface area contributed by atoms with Gasteiger partial charge in [-0.15, -0.1) is 24.0 Å². The Kier molecular flexibility index (Phi) is 6.68. The van der Waals surface area contributed by atoms with Gasteiger partial charge in [0.25, 0.3) is 0 Å². The second-order valence-corrected chi connectivity index (χ2v) is 6.19. The number of halogens is 1. The standard InChI is InChI=1S/C17H24N4O.HI/c18-17(19-11-13-3-1-4-13)20-12-14-6-8-15(9-7-14)21-10-2-5-16(21)22;/h6-9,13H,1-5,10-12H2,(H3,18,19,20);1H. The van der Waals surface area contributed by atoms with Gasteiger partial charge in [-0.3, -0.25) is 4.79 Å². The minimum atomic E-state index is 0. The van der Waals surface area contributed by atoms with Crippen LogP contribution in [0.25, 0.3) is 0 Å². The zero-order chi connectivity index (χ0) is 15.4. The lowest BCUT2D eigenvalue weighted by Gasteiger charge is -2.25. The van der Waals surface area contributed by atoms with Gasteiger partial charge in [0.15, 0.2) is 5.96 Å². The van der Waals surface area contributed by atoms with Crippen LogP contribution in [0.5, 0.6) is 0 Å². The van der Waals surface area contributed by atoms with Crippen molar-refractivity contribution in [1.29, 1.82) is 0 Å². The molecule has 1 aliphatic carbocycles. The Morgan fingerprint density at radius 3 is 2.57 bits per heavy atom. The summed E-state index contributed by atoms with van der Waals surface area (Å²) in [4.78, 5) is 17.9. The van der Waals surface area contributed by atoms with Crippen molar-refractivity contribution in [2.75, 3.05) is 18.0 Å². The summed E-state index contributed by atoms with van der Waals surface area (Å²) >= 11 is 0. The Hall–Kier alpha value is -1.31. The number of anilines is 1. The molecular weight excluding hydrogens is 403 g/mol. The summed E-state index contributed by atoms with van der Waals surface area (Å²) in [6.45, 7) is 2.33. The smallest absolute Gasteiger partial charge is 0.227 e. The summed E-state index contributed by atoms with van der Waals surface area (Å²) < 4.78 is 0. The van der Waals surface area contributed by atoms with Gasteiger partial charge in [-0.1, -0.05) is 18.6 Å². The number of amides is 1. The summed E-state index contributed by atoms with van der Waals surface area (Å²) in [5.41, 5.74) is 7.96. The molecule has 0 aromatic heterocycles. The Morgan fingerprint density at radius 2 is 2.00 bits per heavy atom. The van der Waals surface area contributed by atoms with Crippen molar-refractivity contribution in [1.82, 2.24) is 5.32 Å². The minimum Gasteiger partial charge on any atom is -0.370 e. The molecular formula is C17H25IN4O. The SMILES string of the molecule is I.NC(=NCc1ccc(N2CCCC2=O)cc1)NCC1CCC1. The lowest BCUT2D eigenvalue weighted by Crippen LogP contribution is -2.37. The van der Waals surface area contributed by atoms with Gasteiger partial charge in [0.1, 0.15) is 0 Å². The molecule has 3 rings (SSSR count). The number of benzene rings is 1. The first-order valence-electron chi connectivity index (χ1n) is 8.15. The number of nitrogens with two attached hydrogens (primary N) is 1. The van der Waals surface area contributed by atoms with E-state index in [9.17, 15) is 4.79 Å². The molecule has 0 unspecified atom stereocenters. The van der Waals surface area contributed by atoms with E-state index >= 15 is 0 Å². The molecule has 5 nitrogen and oxygen atoms in total. The molecule has 0 atom stereocenters. The average Bonchev–Trinajstić information content (AvgIpc) is 2.90. The highest BCUT2D eigenvalue weighted by Crippen LogP contribution is 2.25. The fourth-order valence-electron chi connectivity index (χ4n) is 2.88. The summed E-state index contributed by atoms with van der Waals surface area (Å²) in [7, 11) is 0. The molecule has 6 heteroatoms. The molecule has 1 aliphatic heterocycles. The normalized spacial score (nSPS) is 18.5. The van der Waals surface area contributed by atoms with Crippen molar-refractivity contribution in [3.63, 3.8) is 0 Å². The topological polar surface area (TPSA) is 70.7 Å². The molecule has 1 saturated heterocycles. The predicted octanol–water partition coefficient (Wildman–Crippen LogP) is 2.64. The van der Waals surface area contributed by atoms with Crippen molar-refractivity contribution >= 4 is 41.5 Å². The number of guanidine groups is 1. The molecule has 1 aromatic rings. The predicted molar refractivity (Wildman–Crippen MR) is 104 cm³/mol. The third kappa shape index (κ3) is 4.83. The maximum absolute atomic E-state index is 11.7. The molecule has 1 aromatic carbocycles. The van der Waals surface area contributed by atoms with E-state index in [1.807, 2.05) is 29.2 Å². The van der Waals surface area contributed by atoms with E-state index in [4.69, 9.17) is 5.73 Å². The molecule has 0 spiro atoms. The highest BCUT2D eigenvalue weighted by molar-refractivity contribution is 14.0. The van der Waals surface area contributed by atoms with Gasteiger partial charge in [0, 0.05) is 25.2 Å². The van der Waals surface area contributed by atoms with Crippen molar-refractivity contribution in [2.45, 2.75) is 38.6 Å². The number of rotatable bonds is 5. The van der Waals surface area contributed by atoms with Crippen LogP contribution in [0.2, 0.25) is 0 Å². The van der Waals surface area contributed by atoms with Gasteiger partial charge >= 0.3 is 0 Å². The lowest BCUT2D eigenvalue weighted by atomic mass is 9.85. The second-order valence-electron chi connectivity index (χ2n) is 6.19. The molecule has 3 N–H and O–H groups in total. The Labute approximate surface area is 154 Å². The molecule has 1 saturated carbocycles. The van der Waals surface area contributed by atoms with Gasteiger partial charge in [0.05, 0.1) is 6.54 Å². The van der Waals surface area contributed by atoms with E-state index in [0.717, 1.165) is 36.7 Å². The van der Waals surface area contributed by atoms with Crippen LogP contribution in [0.3, 0.4) is 0 Å². The van der Waals surface area contributed by atoms with Crippen molar-refractivity contribution in [2.24, 2.45) is 16.6 Å². The Bertz CT molecular complexity index is 554. The molecule has 2 fully saturated rings. The maximum atomic E-state index is 11.7. The molecule has 23 heavy (non-hydrogen) atoms. The zero-order valence-electron chi connectivity index (χ0n) is 13.3. The van der Waals surface area contributed by atoms with Crippen LogP contribution in [0.15, 0.2) is 29.3 Å². The third-order valence-electron chi connectivity index (χ3n) is 4.55. The van der Waals surface area contributed by atoms with Crippen molar-refractivity contribution in [3.05, 3.63) is 29.8 Å². The highest BCUT2D eigenvalue weighted by atomic mass is 127. The number of hydrogen-bond acceptors (Lipinski definition) is 2. The summed E-state index contributed by atoms with van der Waals surface area (Å²) in [5.74, 6) is 1.51. The number of carbonyl (C=O) groups excluding carboxylic acids is 1. The fourth-order valence-corrected chi connectivity index (χ4v) is 2.88. The summed E-state index contributed by atoms with van der Waals surface area (Å²) in [5, 5.41) is 3.19. The Balaban J connectivity index is 0.00000192. The van der Waals surface area contributed by atoms with Gasteiger partial charge in [-0.2, -0.15) is 0 Å². The van der Waals surface area contributed by atoms with E-state index < -0.39 is 0 Å². The van der Waals surface area contributed by atoms with E-state index in [2.05, 4.69) is 10.3 Å². The van der Waals surface area contributed by atoms with Gasteiger partial charge in [0.2, 0.25) is 5.91 Å². The van der Waals surface area contributed by atoms with Gasteiger partial charge in [-0.05, 0) is 42.9 Å². The number of nitrogens with zero attached hydrogens (tertiary/aromatic N) is 2. The number of nitrogens with one attached hydrogen (secondary N) is 1. The van der Waals surface area contributed by atoms with Crippen LogP contribution in [0.4, 0.5) is 5.69 Å². The highest BCUT2D eigenvalue weighted by Gasteiger charge is 2.21. The number of hydrogen-bond donors (Lipinski definition) is 2. The third-order valence-corrected chi connectivity index (χ3v) is 4.55. The molecule has 1 heterocycles. The van der Waals surface area contributed by atoms with Crippen LogP contribution in [0.1, 0.15) is 37.7 Å². The monoisotopic (exact) mass is 428 g/mol. The molecule has 126 valence electrons. The van der Waals surface area contributed by atoms with Crippen LogP contribution in [-0.4, -0.2) is 25.0 Å². The first-order valence-corrected chi connectivity index (χ1v) is 8.15. The second kappa shape index (κ2) is 8.52. The molecule has 1 amide bonds. The minimum absolute atomic E-state index is 0. The zero-order valence-corrected chi connectivity index (χ0v) is 15.7. The quantitative estimate of drug-likeness (QED) is 0.431. The van der Waals surface area contributed by atoms with Crippen molar-refractivity contribution < 1.29 is 4.79 Å². The molecule has 0 bridgehead atoms. The molecule has 0 radical (unpaired) electrons. The number of aliphatic imine (C=N–C) groups is 1. The summed E-state index contributed by atoms with van der Waals surface area (Å²) in [6.07, 6.45) is 5.56. The van der Waals surface area contributed by atoms with Crippen LogP contribution in [-0.2, 0) is 11.3 Å². The first kappa shape index (κ1) is 18.0. The van der Waals surface area contributed by atoms with Crippen LogP contribution < -0.4 is 16.0 Å². The van der Waals surface area contributed by atoms with E-state index in [1.54, 1.807) is 0 Å². The van der Waals surface area contributed by atoms with Crippen LogP contribution >= 0.6 is 24.0 Å². The van der Waals surface area contributed by atoms with Crippen LogP contribution in [0, 0.1) is 5.92 Å². The lowest BCUT2D eigenvalue weighted by molar-refractivity contribution is -0.117. The number of carbonyl (C=O) groups is 1. The average molecular weight is 428 g/mol. The fraction of sp³-hybridized carbons (Fsp3) is 0.529.